The second-order valence-corrected chi connectivity index (χ2v) is 6.60. The van der Waals surface area contributed by atoms with Crippen molar-refractivity contribution in [2.45, 2.75) is 77.0 Å². The molecule has 0 saturated carbocycles. The fourth-order valence-corrected chi connectivity index (χ4v) is 3.07. The van der Waals surface area contributed by atoms with Gasteiger partial charge >= 0.3 is 0 Å². The van der Waals surface area contributed by atoms with Crippen molar-refractivity contribution in [1.82, 2.24) is 4.90 Å². The SMILES string of the molecule is CCCCCCCCC(=O)N1CCC(C(C)Cl)CC1. The van der Waals surface area contributed by atoms with E-state index >= 15 is 0 Å². The van der Waals surface area contributed by atoms with Crippen molar-refractivity contribution in [2.24, 2.45) is 5.92 Å². The van der Waals surface area contributed by atoms with Gasteiger partial charge in [-0.3, -0.25) is 4.79 Å². The first-order chi connectivity index (χ1) is 9.15. The number of unbranched alkanes of at least 4 members (excludes halogenated alkanes) is 5. The standard InChI is InChI=1S/C16H30ClNO/c1-3-4-5-6-7-8-9-16(19)18-12-10-15(11-13-18)14(2)17/h14-15H,3-13H2,1-2H3. The van der Waals surface area contributed by atoms with E-state index in [2.05, 4.69) is 13.8 Å². The van der Waals surface area contributed by atoms with Gasteiger partial charge in [-0.25, -0.2) is 0 Å². The van der Waals surface area contributed by atoms with E-state index < -0.39 is 0 Å². The highest BCUT2D eigenvalue weighted by Crippen LogP contribution is 2.24. The van der Waals surface area contributed by atoms with Gasteiger partial charge in [0.2, 0.25) is 5.91 Å². The zero-order chi connectivity index (χ0) is 14.1. The Morgan fingerprint density at radius 1 is 1.16 bits per heavy atom. The van der Waals surface area contributed by atoms with Crippen LogP contribution in [-0.4, -0.2) is 29.3 Å². The molecule has 0 bridgehead atoms. The molecule has 0 aromatic rings. The number of halogens is 1. The number of carbonyl (C=O) groups is 1. The van der Waals surface area contributed by atoms with Crippen LogP contribution in [0.2, 0.25) is 0 Å². The van der Waals surface area contributed by atoms with Gasteiger partial charge in [-0.15, -0.1) is 11.6 Å². The van der Waals surface area contributed by atoms with Gasteiger partial charge in [-0.05, 0) is 32.1 Å². The molecule has 2 nitrogen and oxygen atoms in total. The number of hydrogen-bond acceptors (Lipinski definition) is 1. The van der Waals surface area contributed by atoms with Crippen LogP contribution >= 0.6 is 11.6 Å². The lowest BCUT2D eigenvalue weighted by atomic mass is 9.94. The predicted octanol–water partition coefficient (Wildman–Crippen LogP) is 4.60. The third kappa shape index (κ3) is 6.65. The van der Waals surface area contributed by atoms with Gasteiger partial charge in [0.25, 0.3) is 0 Å². The smallest absolute Gasteiger partial charge is 0.222 e. The summed E-state index contributed by atoms with van der Waals surface area (Å²) in [4.78, 5) is 14.1. The third-order valence-electron chi connectivity index (χ3n) is 4.29. The maximum absolute atomic E-state index is 12.1. The minimum absolute atomic E-state index is 0.246. The molecular weight excluding hydrogens is 258 g/mol. The van der Waals surface area contributed by atoms with Crippen LogP contribution in [0.1, 0.15) is 71.6 Å². The zero-order valence-electron chi connectivity index (χ0n) is 12.7. The molecule has 1 atom stereocenters. The summed E-state index contributed by atoms with van der Waals surface area (Å²) in [5, 5.41) is 0.246. The fourth-order valence-electron chi connectivity index (χ4n) is 2.82. The van der Waals surface area contributed by atoms with E-state index in [0.717, 1.165) is 38.8 Å². The van der Waals surface area contributed by atoms with Crippen molar-refractivity contribution in [3.63, 3.8) is 0 Å². The van der Waals surface area contributed by atoms with Crippen LogP contribution in [0, 0.1) is 5.92 Å². The quantitative estimate of drug-likeness (QED) is 0.472. The van der Waals surface area contributed by atoms with Crippen molar-refractivity contribution in [2.75, 3.05) is 13.1 Å². The maximum Gasteiger partial charge on any atom is 0.222 e. The number of nitrogens with zero attached hydrogens (tertiary/aromatic N) is 1. The monoisotopic (exact) mass is 287 g/mol. The number of rotatable bonds is 8. The maximum atomic E-state index is 12.1. The Morgan fingerprint density at radius 2 is 1.74 bits per heavy atom. The van der Waals surface area contributed by atoms with Gasteiger partial charge in [-0.1, -0.05) is 39.0 Å². The minimum Gasteiger partial charge on any atom is -0.343 e. The highest BCUT2D eigenvalue weighted by Gasteiger charge is 2.24. The fraction of sp³-hybridized carbons (Fsp3) is 0.938. The lowest BCUT2D eigenvalue weighted by Crippen LogP contribution is -2.39. The summed E-state index contributed by atoms with van der Waals surface area (Å²) in [6.07, 6.45) is 10.4. The third-order valence-corrected chi connectivity index (χ3v) is 4.64. The van der Waals surface area contributed by atoms with Crippen LogP contribution in [0.5, 0.6) is 0 Å². The van der Waals surface area contributed by atoms with Gasteiger partial charge in [-0.2, -0.15) is 0 Å². The number of carbonyl (C=O) groups excluding carboxylic acids is 1. The Kier molecular flexibility index (Phi) is 8.52. The van der Waals surface area contributed by atoms with E-state index in [-0.39, 0.29) is 5.38 Å². The first-order valence-corrected chi connectivity index (χ1v) is 8.50. The molecule has 1 aliphatic heterocycles. The Bertz CT molecular complexity index is 247. The predicted molar refractivity (Wildman–Crippen MR) is 82.6 cm³/mol. The average molecular weight is 288 g/mol. The molecule has 1 saturated heterocycles. The Hall–Kier alpha value is -0.240. The molecule has 0 aromatic carbocycles. The number of piperidine rings is 1. The lowest BCUT2D eigenvalue weighted by Gasteiger charge is -2.33. The van der Waals surface area contributed by atoms with E-state index in [1.165, 1.54) is 32.1 Å². The number of hydrogen-bond donors (Lipinski definition) is 0. The van der Waals surface area contributed by atoms with Crippen LogP contribution in [0.4, 0.5) is 0 Å². The Labute approximate surface area is 123 Å². The molecule has 1 rings (SSSR count). The van der Waals surface area contributed by atoms with Crippen LogP contribution in [-0.2, 0) is 4.79 Å². The molecule has 1 unspecified atom stereocenters. The van der Waals surface area contributed by atoms with Crippen LogP contribution in [0.25, 0.3) is 0 Å². The van der Waals surface area contributed by atoms with E-state index in [4.69, 9.17) is 11.6 Å². The summed E-state index contributed by atoms with van der Waals surface area (Å²) in [5.74, 6) is 0.955. The van der Waals surface area contributed by atoms with Crippen LogP contribution < -0.4 is 0 Å². The van der Waals surface area contributed by atoms with Gasteiger partial charge < -0.3 is 4.90 Å². The first kappa shape index (κ1) is 16.8. The van der Waals surface area contributed by atoms with E-state index in [1.807, 2.05) is 4.90 Å². The topological polar surface area (TPSA) is 20.3 Å². The zero-order valence-corrected chi connectivity index (χ0v) is 13.4. The number of amides is 1. The number of alkyl halides is 1. The molecule has 0 aliphatic carbocycles. The molecule has 1 amide bonds. The van der Waals surface area contributed by atoms with Gasteiger partial charge in [0.15, 0.2) is 0 Å². The molecule has 1 aliphatic rings. The Balaban J connectivity index is 2.07. The molecule has 0 aromatic heterocycles. The summed E-state index contributed by atoms with van der Waals surface area (Å²) < 4.78 is 0. The molecule has 0 N–H and O–H groups in total. The second kappa shape index (κ2) is 9.63. The van der Waals surface area contributed by atoms with Crippen molar-refractivity contribution in [3.05, 3.63) is 0 Å². The van der Waals surface area contributed by atoms with Gasteiger partial charge in [0, 0.05) is 24.9 Å². The van der Waals surface area contributed by atoms with Crippen LogP contribution in [0.15, 0.2) is 0 Å². The summed E-state index contributed by atoms with van der Waals surface area (Å²) in [7, 11) is 0. The molecule has 0 radical (unpaired) electrons. The van der Waals surface area contributed by atoms with Crippen molar-refractivity contribution < 1.29 is 4.79 Å². The molecule has 3 heteroatoms. The van der Waals surface area contributed by atoms with Crippen molar-refractivity contribution in [1.29, 1.82) is 0 Å². The molecular formula is C16H30ClNO. The lowest BCUT2D eigenvalue weighted by molar-refractivity contribution is -0.132. The Morgan fingerprint density at radius 3 is 2.32 bits per heavy atom. The van der Waals surface area contributed by atoms with Crippen LogP contribution in [0.3, 0.4) is 0 Å². The molecule has 19 heavy (non-hydrogen) atoms. The highest BCUT2D eigenvalue weighted by molar-refractivity contribution is 6.20. The average Bonchev–Trinajstić information content (AvgIpc) is 2.42. The largest absolute Gasteiger partial charge is 0.343 e. The summed E-state index contributed by atoms with van der Waals surface area (Å²) in [6.45, 7) is 6.13. The summed E-state index contributed by atoms with van der Waals surface area (Å²) >= 11 is 6.12. The second-order valence-electron chi connectivity index (χ2n) is 5.91. The summed E-state index contributed by atoms with van der Waals surface area (Å²) in [5.41, 5.74) is 0. The highest BCUT2D eigenvalue weighted by atomic mass is 35.5. The molecule has 0 spiro atoms. The minimum atomic E-state index is 0.246. The van der Waals surface area contributed by atoms with E-state index in [0.29, 0.717) is 11.8 Å². The molecule has 112 valence electrons. The molecule has 1 fully saturated rings. The van der Waals surface area contributed by atoms with Gasteiger partial charge in [0.1, 0.15) is 0 Å². The number of likely N-dealkylation sites (tertiary alicyclic amines) is 1. The van der Waals surface area contributed by atoms with Crippen molar-refractivity contribution >= 4 is 17.5 Å². The van der Waals surface area contributed by atoms with E-state index in [1.54, 1.807) is 0 Å². The first-order valence-electron chi connectivity index (χ1n) is 8.07. The van der Waals surface area contributed by atoms with Crippen molar-refractivity contribution in [3.8, 4) is 0 Å². The molecule has 1 heterocycles. The summed E-state index contributed by atoms with van der Waals surface area (Å²) in [6, 6.07) is 0. The van der Waals surface area contributed by atoms with E-state index in [9.17, 15) is 4.79 Å². The normalized spacial score (nSPS) is 18.6. The van der Waals surface area contributed by atoms with Gasteiger partial charge in [0.05, 0.1) is 0 Å².